The summed E-state index contributed by atoms with van der Waals surface area (Å²) in [5.41, 5.74) is 3.42. The van der Waals surface area contributed by atoms with E-state index in [-0.39, 0.29) is 11.4 Å². The first-order valence-corrected chi connectivity index (χ1v) is 12.4. The van der Waals surface area contributed by atoms with Gasteiger partial charge in [-0.2, -0.15) is 0 Å². The molecule has 33 heavy (non-hydrogen) atoms. The number of piperidine rings is 1. The van der Waals surface area contributed by atoms with Gasteiger partial charge in [-0.25, -0.2) is 9.37 Å². The maximum absolute atomic E-state index is 13.4. The van der Waals surface area contributed by atoms with Crippen LogP contribution >= 0.6 is 0 Å². The molecule has 4 heterocycles. The maximum Gasteiger partial charge on any atom is 0.256 e. The summed E-state index contributed by atoms with van der Waals surface area (Å²) in [6, 6.07) is 4.64. The van der Waals surface area contributed by atoms with E-state index in [4.69, 9.17) is 9.51 Å². The van der Waals surface area contributed by atoms with Crippen LogP contribution in [-0.2, 0) is 13.0 Å². The number of aromatic nitrogens is 3. The third kappa shape index (κ3) is 4.42. The van der Waals surface area contributed by atoms with Crippen molar-refractivity contribution in [3.8, 4) is 0 Å². The summed E-state index contributed by atoms with van der Waals surface area (Å²) in [6.07, 6.45) is 4.92. The summed E-state index contributed by atoms with van der Waals surface area (Å²) in [6.45, 7) is 5.58. The topological polar surface area (TPSA) is 64.2 Å². The highest BCUT2D eigenvalue weighted by molar-refractivity contribution is 7.24. The van der Waals surface area contributed by atoms with E-state index in [2.05, 4.69) is 17.8 Å². The fourth-order valence-electron chi connectivity index (χ4n) is 5.71. The number of likely N-dealkylation sites (tertiary alicyclic amines) is 1. The van der Waals surface area contributed by atoms with E-state index in [1.54, 1.807) is 6.07 Å². The molecule has 0 bridgehead atoms. The normalized spacial score (nSPS) is 19.5. The number of fused-ring (bicyclic) bond motifs is 2. The van der Waals surface area contributed by atoms with Crippen LogP contribution in [0.5, 0.6) is 0 Å². The Kier molecular flexibility index (Phi) is 6.46. The molecule has 0 radical (unpaired) electrons. The van der Waals surface area contributed by atoms with Gasteiger partial charge in [-0.05, 0) is 70.1 Å². The average molecular weight is 446 g/mol. The van der Waals surface area contributed by atoms with Gasteiger partial charge < -0.3 is 9.42 Å². The molecule has 1 atom stereocenters. The summed E-state index contributed by atoms with van der Waals surface area (Å²) >= 11 is 0. The highest BCUT2D eigenvalue weighted by Crippen LogP contribution is 2.33. The standard InChI is InChI=1S/C23H30B3FN4O2/c1-14-17(23(32)31-9-2-3-19(25-26-24)22(31)28-14)8-12-30-10-6-15(7-11-30)21-18-5-4-16(27)13-20(18)33-29-21/h4-5,13,15,19,25-26H,2-3,6-12,24H2,1H3. The van der Waals surface area contributed by atoms with Crippen LogP contribution in [0.25, 0.3) is 11.0 Å². The predicted molar refractivity (Wildman–Crippen MR) is 134 cm³/mol. The van der Waals surface area contributed by atoms with Gasteiger partial charge in [0.05, 0.1) is 27.7 Å². The van der Waals surface area contributed by atoms with Crippen LogP contribution in [0.2, 0.25) is 0 Å². The van der Waals surface area contributed by atoms with E-state index in [1.807, 2.05) is 11.5 Å². The highest BCUT2D eigenvalue weighted by Gasteiger charge is 2.27. The second-order valence-electron chi connectivity index (χ2n) is 9.69. The lowest BCUT2D eigenvalue weighted by Crippen LogP contribution is -2.38. The molecule has 0 N–H and O–H groups in total. The van der Waals surface area contributed by atoms with Gasteiger partial charge in [-0.3, -0.25) is 9.36 Å². The molecule has 3 aromatic rings. The predicted octanol–water partition coefficient (Wildman–Crippen LogP) is 1.43. The van der Waals surface area contributed by atoms with Crippen molar-refractivity contribution in [3.63, 3.8) is 0 Å². The third-order valence-corrected chi connectivity index (χ3v) is 7.55. The van der Waals surface area contributed by atoms with Crippen LogP contribution in [0.4, 0.5) is 4.39 Å². The molecular weight excluding hydrogens is 416 g/mol. The molecule has 2 aromatic heterocycles. The van der Waals surface area contributed by atoms with Crippen LogP contribution in [0.3, 0.4) is 0 Å². The largest absolute Gasteiger partial charge is 0.356 e. The SMILES string of the molecule is BBBC1CCCn2c1nc(C)c(CCN1CCC(c3noc4cc(F)ccc34)CC1)c2=O. The molecule has 1 fully saturated rings. The molecule has 1 unspecified atom stereocenters. The minimum atomic E-state index is -0.302. The second-order valence-corrected chi connectivity index (χ2v) is 9.69. The lowest BCUT2D eigenvalue weighted by atomic mass is 9.24. The lowest BCUT2D eigenvalue weighted by Gasteiger charge is -2.31. The molecule has 0 aliphatic carbocycles. The number of nitrogens with zero attached hydrogens (tertiary/aromatic N) is 4. The number of aryl methyl sites for hydroxylation is 1. The molecule has 1 aromatic carbocycles. The van der Waals surface area contributed by atoms with Crippen molar-refractivity contribution in [2.24, 2.45) is 0 Å². The summed E-state index contributed by atoms with van der Waals surface area (Å²) in [5, 5.41) is 5.17. The van der Waals surface area contributed by atoms with Crippen LogP contribution in [0, 0.1) is 12.7 Å². The van der Waals surface area contributed by atoms with Crippen molar-refractivity contribution in [1.29, 1.82) is 0 Å². The number of halogens is 1. The summed E-state index contributed by atoms with van der Waals surface area (Å²) in [5.74, 6) is 1.45. The van der Waals surface area contributed by atoms with Crippen molar-refractivity contribution in [3.05, 3.63) is 57.1 Å². The van der Waals surface area contributed by atoms with E-state index in [9.17, 15) is 9.18 Å². The van der Waals surface area contributed by atoms with Crippen LogP contribution in [-0.4, -0.2) is 61.2 Å². The van der Waals surface area contributed by atoms with Crippen LogP contribution in [0.15, 0.2) is 27.5 Å². The quantitative estimate of drug-likeness (QED) is 0.537. The zero-order valence-corrected chi connectivity index (χ0v) is 19.6. The molecule has 0 saturated carbocycles. The first-order chi connectivity index (χ1) is 16.0. The molecule has 2 aliphatic heterocycles. The van der Waals surface area contributed by atoms with Gasteiger partial charge in [0.2, 0.25) is 0 Å². The molecule has 0 amide bonds. The number of rotatable bonds is 6. The molecule has 170 valence electrons. The smallest absolute Gasteiger partial charge is 0.256 e. The molecule has 2 aliphatic rings. The van der Waals surface area contributed by atoms with Gasteiger partial charge in [-0.15, -0.1) is 0 Å². The van der Waals surface area contributed by atoms with Crippen molar-refractivity contribution < 1.29 is 8.91 Å². The van der Waals surface area contributed by atoms with E-state index >= 15 is 0 Å². The van der Waals surface area contributed by atoms with E-state index in [0.717, 1.165) is 101 Å². The third-order valence-electron chi connectivity index (χ3n) is 7.55. The number of benzene rings is 1. The molecule has 0 spiro atoms. The van der Waals surface area contributed by atoms with E-state index in [1.165, 1.54) is 12.1 Å². The van der Waals surface area contributed by atoms with E-state index in [0.29, 0.717) is 17.3 Å². The highest BCUT2D eigenvalue weighted by atomic mass is 19.1. The van der Waals surface area contributed by atoms with Crippen LogP contribution in [0.1, 0.15) is 60.2 Å². The monoisotopic (exact) mass is 446 g/mol. The van der Waals surface area contributed by atoms with Crippen molar-refractivity contribution in [1.82, 2.24) is 19.6 Å². The molecule has 10 heteroatoms. The molecule has 5 rings (SSSR count). The van der Waals surface area contributed by atoms with Gasteiger partial charge in [0.25, 0.3) is 5.56 Å². The Bertz CT molecular complexity index is 1210. The fourth-order valence-corrected chi connectivity index (χ4v) is 5.71. The first kappa shape index (κ1) is 22.4. The minimum Gasteiger partial charge on any atom is -0.356 e. The first-order valence-electron chi connectivity index (χ1n) is 12.4. The fraction of sp³-hybridized carbons (Fsp3) is 0.522. The van der Waals surface area contributed by atoms with Gasteiger partial charge in [-0.1, -0.05) is 5.16 Å². The molecule has 6 nitrogen and oxygen atoms in total. The van der Waals surface area contributed by atoms with Crippen LogP contribution < -0.4 is 5.56 Å². The number of hydrogen-bond acceptors (Lipinski definition) is 5. The van der Waals surface area contributed by atoms with E-state index < -0.39 is 0 Å². The Balaban J connectivity index is 1.24. The lowest BCUT2D eigenvalue weighted by molar-refractivity contribution is 0.211. The Morgan fingerprint density at radius 1 is 1.24 bits per heavy atom. The summed E-state index contributed by atoms with van der Waals surface area (Å²) in [4.78, 5) is 20.6. The van der Waals surface area contributed by atoms with Gasteiger partial charge in [0.15, 0.2) is 5.58 Å². The molecular formula is C23H30B3FN4O2. The summed E-state index contributed by atoms with van der Waals surface area (Å²) < 4.78 is 20.8. The Morgan fingerprint density at radius 3 is 2.85 bits per heavy atom. The second kappa shape index (κ2) is 9.49. The Morgan fingerprint density at radius 2 is 2.06 bits per heavy atom. The van der Waals surface area contributed by atoms with Gasteiger partial charge in [0, 0.05) is 41.7 Å². The Hall–Kier alpha value is -2.35. The maximum atomic E-state index is 13.4. The zero-order valence-electron chi connectivity index (χ0n) is 19.6. The van der Waals surface area contributed by atoms with Crippen molar-refractivity contribution in [2.45, 2.75) is 57.3 Å². The zero-order chi connectivity index (χ0) is 22.9. The minimum absolute atomic E-state index is 0.175. The molecule has 1 saturated heterocycles. The summed E-state index contributed by atoms with van der Waals surface area (Å²) in [7, 11) is 4.43. The van der Waals surface area contributed by atoms with Crippen molar-refractivity contribution in [2.75, 3.05) is 19.6 Å². The van der Waals surface area contributed by atoms with Gasteiger partial charge in [0.1, 0.15) is 11.6 Å². The van der Waals surface area contributed by atoms with Gasteiger partial charge >= 0.3 is 0 Å². The van der Waals surface area contributed by atoms with Crippen molar-refractivity contribution >= 4 is 32.9 Å². The number of hydrogen-bond donors (Lipinski definition) is 0. The average Bonchev–Trinajstić information content (AvgIpc) is 3.23. The Labute approximate surface area is 195 Å².